The quantitative estimate of drug-likeness (QED) is 0.619. The van der Waals surface area contributed by atoms with Crippen LogP contribution in [-0.4, -0.2) is 40.2 Å². The molecule has 31 heavy (non-hydrogen) atoms. The summed E-state index contributed by atoms with van der Waals surface area (Å²) in [6.07, 6.45) is 0. The third-order valence-corrected chi connectivity index (χ3v) is 5.63. The van der Waals surface area contributed by atoms with Crippen LogP contribution in [0.1, 0.15) is 32.1 Å². The Kier molecular flexibility index (Phi) is 5.27. The molecule has 1 unspecified atom stereocenters. The van der Waals surface area contributed by atoms with E-state index in [1.54, 1.807) is 24.0 Å². The number of furan rings is 1. The van der Waals surface area contributed by atoms with Crippen LogP contribution in [0.15, 0.2) is 65.1 Å². The summed E-state index contributed by atoms with van der Waals surface area (Å²) < 4.78 is 5.83. The van der Waals surface area contributed by atoms with Gasteiger partial charge in [0.25, 0.3) is 5.91 Å². The van der Waals surface area contributed by atoms with E-state index in [9.17, 15) is 14.4 Å². The summed E-state index contributed by atoms with van der Waals surface area (Å²) in [4.78, 5) is 41.6. The SMILES string of the molecule is CC(C)N(Cc1ccccc1)C(=O)CN1C(=O)NC(C)(c2cc3ccccc3o2)C1=O. The van der Waals surface area contributed by atoms with Crippen LogP contribution in [0.2, 0.25) is 0 Å². The molecule has 1 aliphatic heterocycles. The Labute approximate surface area is 180 Å². The Bertz CT molecular complexity index is 1100. The Morgan fingerprint density at radius 1 is 1.10 bits per heavy atom. The molecule has 1 aromatic heterocycles. The number of carbonyl (C=O) groups is 3. The lowest BCUT2D eigenvalue weighted by molar-refractivity contribution is -0.140. The van der Waals surface area contributed by atoms with E-state index in [0.29, 0.717) is 17.9 Å². The van der Waals surface area contributed by atoms with Crippen LogP contribution in [0.3, 0.4) is 0 Å². The maximum Gasteiger partial charge on any atom is 0.325 e. The largest absolute Gasteiger partial charge is 0.458 e. The first-order valence-electron chi connectivity index (χ1n) is 10.3. The van der Waals surface area contributed by atoms with Gasteiger partial charge >= 0.3 is 6.03 Å². The lowest BCUT2D eigenvalue weighted by atomic mass is 9.99. The van der Waals surface area contributed by atoms with Crippen molar-refractivity contribution >= 4 is 28.8 Å². The van der Waals surface area contributed by atoms with E-state index >= 15 is 0 Å². The summed E-state index contributed by atoms with van der Waals surface area (Å²) in [7, 11) is 0. The van der Waals surface area contributed by atoms with E-state index < -0.39 is 17.5 Å². The zero-order valence-electron chi connectivity index (χ0n) is 17.8. The molecule has 7 nitrogen and oxygen atoms in total. The van der Waals surface area contributed by atoms with Gasteiger partial charge in [0.15, 0.2) is 5.54 Å². The van der Waals surface area contributed by atoms with Crippen molar-refractivity contribution in [3.63, 3.8) is 0 Å². The van der Waals surface area contributed by atoms with E-state index in [1.165, 1.54) is 0 Å². The standard InChI is InChI=1S/C24H25N3O4/c1-16(2)26(14-17-9-5-4-6-10-17)21(28)15-27-22(29)24(3,25-23(27)30)20-13-18-11-7-8-12-19(18)31-20/h4-13,16H,14-15H2,1-3H3,(H,25,30). The number of rotatable bonds is 6. The average molecular weight is 419 g/mol. The first kappa shape index (κ1) is 20.7. The van der Waals surface area contributed by atoms with E-state index in [1.807, 2.05) is 62.4 Å². The highest BCUT2D eigenvalue weighted by Crippen LogP contribution is 2.33. The lowest BCUT2D eigenvalue weighted by Crippen LogP contribution is -2.46. The molecular weight excluding hydrogens is 394 g/mol. The molecule has 0 spiro atoms. The maximum absolute atomic E-state index is 13.2. The Balaban J connectivity index is 1.54. The van der Waals surface area contributed by atoms with Gasteiger partial charge in [0, 0.05) is 18.0 Å². The van der Waals surface area contributed by atoms with Gasteiger partial charge in [-0.05, 0) is 38.5 Å². The highest BCUT2D eigenvalue weighted by Gasteiger charge is 2.52. The summed E-state index contributed by atoms with van der Waals surface area (Å²) in [5.41, 5.74) is 0.247. The fraction of sp³-hybridized carbons (Fsp3) is 0.292. The second-order valence-corrected chi connectivity index (χ2v) is 8.20. The van der Waals surface area contributed by atoms with Gasteiger partial charge in [0.2, 0.25) is 5.91 Å². The van der Waals surface area contributed by atoms with Gasteiger partial charge in [-0.2, -0.15) is 0 Å². The van der Waals surface area contributed by atoms with Crippen LogP contribution >= 0.6 is 0 Å². The Morgan fingerprint density at radius 3 is 2.45 bits per heavy atom. The molecule has 0 bridgehead atoms. The molecule has 4 amide bonds. The van der Waals surface area contributed by atoms with Crippen molar-refractivity contribution in [1.82, 2.24) is 15.1 Å². The first-order chi connectivity index (χ1) is 14.8. The fourth-order valence-electron chi connectivity index (χ4n) is 3.80. The zero-order valence-corrected chi connectivity index (χ0v) is 17.8. The average Bonchev–Trinajstić information content (AvgIpc) is 3.28. The molecule has 1 atom stereocenters. The van der Waals surface area contributed by atoms with Gasteiger partial charge in [-0.15, -0.1) is 0 Å². The van der Waals surface area contributed by atoms with Crippen molar-refractivity contribution in [3.8, 4) is 0 Å². The molecule has 1 N–H and O–H groups in total. The highest BCUT2D eigenvalue weighted by atomic mass is 16.3. The smallest absolute Gasteiger partial charge is 0.325 e. The van der Waals surface area contributed by atoms with Crippen molar-refractivity contribution in [2.45, 2.75) is 38.9 Å². The van der Waals surface area contributed by atoms with Crippen molar-refractivity contribution in [3.05, 3.63) is 72.0 Å². The summed E-state index contributed by atoms with van der Waals surface area (Å²) >= 11 is 0. The molecule has 160 valence electrons. The highest BCUT2D eigenvalue weighted by molar-refractivity contribution is 6.09. The topological polar surface area (TPSA) is 82.9 Å². The van der Waals surface area contributed by atoms with E-state index in [2.05, 4.69) is 5.32 Å². The zero-order chi connectivity index (χ0) is 22.2. The van der Waals surface area contributed by atoms with Crippen LogP contribution in [0.5, 0.6) is 0 Å². The maximum atomic E-state index is 13.2. The number of urea groups is 1. The summed E-state index contributed by atoms with van der Waals surface area (Å²) in [6, 6.07) is 18.1. The molecule has 3 aromatic rings. The van der Waals surface area contributed by atoms with E-state index in [0.717, 1.165) is 15.8 Å². The number of hydrogen-bond acceptors (Lipinski definition) is 4. The predicted molar refractivity (Wildman–Crippen MR) is 116 cm³/mol. The monoisotopic (exact) mass is 419 g/mol. The molecule has 7 heteroatoms. The molecule has 0 aliphatic carbocycles. The molecule has 0 saturated carbocycles. The number of amides is 4. The van der Waals surface area contributed by atoms with Gasteiger partial charge < -0.3 is 14.6 Å². The van der Waals surface area contributed by atoms with E-state index in [-0.39, 0.29) is 18.5 Å². The van der Waals surface area contributed by atoms with Crippen LogP contribution in [0.25, 0.3) is 11.0 Å². The number of benzene rings is 2. The van der Waals surface area contributed by atoms with Gasteiger partial charge in [0.1, 0.15) is 17.9 Å². The minimum absolute atomic E-state index is 0.0878. The molecular formula is C24H25N3O4. The van der Waals surface area contributed by atoms with Crippen LogP contribution in [0, 0.1) is 0 Å². The number of imide groups is 1. The number of para-hydroxylation sites is 1. The van der Waals surface area contributed by atoms with Crippen LogP contribution in [0.4, 0.5) is 4.79 Å². The van der Waals surface area contributed by atoms with Crippen LogP contribution < -0.4 is 5.32 Å². The Hall–Kier alpha value is -3.61. The summed E-state index contributed by atoms with van der Waals surface area (Å²) in [5.74, 6) is -0.462. The molecule has 1 aliphatic rings. The number of nitrogens with one attached hydrogen (secondary N) is 1. The van der Waals surface area contributed by atoms with Gasteiger partial charge in [-0.25, -0.2) is 4.79 Å². The third-order valence-electron chi connectivity index (χ3n) is 5.63. The molecule has 4 rings (SSSR count). The fourth-order valence-corrected chi connectivity index (χ4v) is 3.80. The first-order valence-corrected chi connectivity index (χ1v) is 10.3. The second kappa shape index (κ2) is 7.91. The second-order valence-electron chi connectivity index (χ2n) is 8.20. The summed E-state index contributed by atoms with van der Waals surface area (Å²) in [6.45, 7) is 5.49. The summed E-state index contributed by atoms with van der Waals surface area (Å²) in [5, 5.41) is 3.54. The number of fused-ring (bicyclic) bond motifs is 1. The predicted octanol–water partition coefficient (Wildman–Crippen LogP) is 3.64. The third kappa shape index (κ3) is 3.79. The van der Waals surface area contributed by atoms with Gasteiger partial charge in [0.05, 0.1) is 0 Å². The molecule has 2 heterocycles. The Morgan fingerprint density at radius 2 is 1.77 bits per heavy atom. The van der Waals surface area contributed by atoms with Crippen molar-refractivity contribution in [2.24, 2.45) is 0 Å². The number of hydrogen-bond donors (Lipinski definition) is 1. The molecule has 2 aromatic carbocycles. The van der Waals surface area contributed by atoms with Crippen LogP contribution in [-0.2, 0) is 21.7 Å². The van der Waals surface area contributed by atoms with Crippen molar-refractivity contribution in [1.29, 1.82) is 0 Å². The van der Waals surface area contributed by atoms with Gasteiger partial charge in [-0.1, -0.05) is 48.5 Å². The molecule has 0 radical (unpaired) electrons. The minimum Gasteiger partial charge on any atom is -0.458 e. The number of carbonyl (C=O) groups excluding carboxylic acids is 3. The molecule has 1 saturated heterocycles. The van der Waals surface area contributed by atoms with E-state index in [4.69, 9.17) is 4.42 Å². The normalized spacial score (nSPS) is 18.6. The number of nitrogens with zero attached hydrogens (tertiary/aromatic N) is 2. The molecule has 1 fully saturated rings. The minimum atomic E-state index is -1.36. The van der Waals surface area contributed by atoms with Gasteiger partial charge in [-0.3, -0.25) is 14.5 Å². The van der Waals surface area contributed by atoms with Crippen molar-refractivity contribution < 1.29 is 18.8 Å². The lowest BCUT2D eigenvalue weighted by Gasteiger charge is -2.28. The van der Waals surface area contributed by atoms with Crippen molar-refractivity contribution in [2.75, 3.05) is 6.54 Å².